The molecule has 2 aromatic carbocycles. The van der Waals surface area contributed by atoms with Crippen LogP contribution in [-0.4, -0.2) is 51.0 Å². The number of para-hydroxylation sites is 1. The van der Waals surface area contributed by atoms with Gasteiger partial charge < -0.3 is 10.2 Å². The number of likely N-dealkylation sites (N-methyl/N-ethyl adjacent to an activating group) is 1. The molecule has 0 spiro atoms. The van der Waals surface area contributed by atoms with Gasteiger partial charge in [-0.05, 0) is 35.6 Å². The van der Waals surface area contributed by atoms with Crippen LogP contribution in [0.1, 0.15) is 44.2 Å². The molecule has 0 aliphatic rings. The number of rotatable bonds is 10. The molecule has 7 nitrogen and oxygen atoms in total. The zero-order valence-electron chi connectivity index (χ0n) is 19.7. The molecule has 0 aliphatic carbocycles. The number of anilines is 1. The fraction of sp³-hybridized carbons (Fsp3) is 0.417. The average molecular weight is 494 g/mol. The van der Waals surface area contributed by atoms with Crippen molar-refractivity contribution in [1.29, 1.82) is 0 Å². The summed E-state index contributed by atoms with van der Waals surface area (Å²) in [5.74, 6) is -0.769. The van der Waals surface area contributed by atoms with E-state index in [0.717, 1.165) is 16.1 Å². The van der Waals surface area contributed by atoms with Crippen LogP contribution < -0.4 is 9.62 Å². The molecule has 0 aliphatic heterocycles. The van der Waals surface area contributed by atoms with Crippen LogP contribution in [0.2, 0.25) is 5.02 Å². The number of nitrogens with zero attached hydrogens (tertiary/aromatic N) is 2. The number of benzene rings is 2. The van der Waals surface area contributed by atoms with E-state index in [0.29, 0.717) is 22.7 Å². The molecule has 0 heterocycles. The first kappa shape index (κ1) is 26.7. The van der Waals surface area contributed by atoms with Crippen LogP contribution in [0.4, 0.5) is 5.69 Å². The van der Waals surface area contributed by atoms with Gasteiger partial charge in [0.05, 0.1) is 11.9 Å². The van der Waals surface area contributed by atoms with Crippen LogP contribution in [-0.2, 0) is 26.2 Å². The zero-order chi connectivity index (χ0) is 24.8. The number of hydrogen-bond acceptors (Lipinski definition) is 4. The molecule has 2 aromatic rings. The van der Waals surface area contributed by atoms with Gasteiger partial charge in [-0.3, -0.25) is 13.9 Å². The van der Waals surface area contributed by atoms with Gasteiger partial charge in [-0.25, -0.2) is 8.42 Å². The van der Waals surface area contributed by atoms with Crippen molar-refractivity contribution in [3.8, 4) is 0 Å². The molecule has 0 bridgehead atoms. The highest BCUT2D eigenvalue weighted by molar-refractivity contribution is 7.92. The summed E-state index contributed by atoms with van der Waals surface area (Å²) < 4.78 is 26.6. The van der Waals surface area contributed by atoms with Gasteiger partial charge in [0.1, 0.15) is 12.6 Å². The summed E-state index contributed by atoms with van der Waals surface area (Å²) in [7, 11) is -2.28. The Labute approximate surface area is 201 Å². The third-order valence-electron chi connectivity index (χ3n) is 5.44. The van der Waals surface area contributed by atoms with Gasteiger partial charge in [-0.1, -0.05) is 68.8 Å². The number of amides is 2. The lowest BCUT2D eigenvalue weighted by atomic mass is 10.0. The number of carbonyl (C=O) groups excluding carboxylic acids is 2. The number of nitrogens with one attached hydrogen (secondary N) is 1. The standard InChI is InChI=1S/C24H32ClN3O4S/c1-6-21(24(30)26-4)27(15-18-11-7-9-13-20(18)25)23(29)16-28(33(5,31)32)22-14-10-8-12-19(22)17(2)3/h7-14,17,21H,6,15-16H2,1-5H3,(H,26,30)/t21-/m0/s1. The summed E-state index contributed by atoms with van der Waals surface area (Å²) in [6.45, 7) is 5.37. The Kier molecular flexibility index (Phi) is 9.31. The summed E-state index contributed by atoms with van der Waals surface area (Å²) in [6.07, 6.45) is 1.43. The highest BCUT2D eigenvalue weighted by Crippen LogP contribution is 2.29. The molecule has 1 N–H and O–H groups in total. The predicted octanol–water partition coefficient (Wildman–Crippen LogP) is 3.78. The van der Waals surface area contributed by atoms with Crippen LogP contribution >= 0.6 is 11.6 Å². The zero-order valence-corrected chi connectivity index (χ0v) is 21.3. The van der Waals surface area contributed by atoms with Crippen LogP contribution in [0.5, 0.6) is 0 Å². The Morgan fingerprint density at radius 2 is 1.67 bits per heavy atom. The minimum Gasteiger partial charge on any atom is -0.357 e. The van der Waals surface area contributed by atoms with Crippen molar-refractivity contribution in [2.75, 3.05) is 24.2 Å². The normalized spacial score (nSPS) is 12.3. The molecule has 0 saturated heterocycles. The minimum atomic E-state index is -3.78. The second kappa shape index (κ2) is 11.5. The van der Waals surface area contributed by atoms with E-state index >= 15 is 0 Å². The molecule has 1 atom stereocenters. The van der Waals surface area contributed by atoms with Gasteiger partial charge in [-0.15, -0.1) is 0 Å². The Bertz CT molecular complexity index is 1090. The van der Waals surface area contributed by atoms with Crippen LogP contribution in [0.25, 0.3) is 0 Å². The van der Waals surface area contributed by atoms with Gasteiger partial charge in [0.2, 0.25) is 21.8 Å². The SMILES string of the molecule is CC[C@@H](C(=O)NC)N(Cc1ccccc1Cl)C(=O)CN(c1ccccc1C(C)C)S(C)(=O)=O. The summed E-state index contributed by atoms with van der Waals surface area (Å²) in [5, 5.41) is 3.06. The largest absolute Gasteiger partial charge is 0.357 e. The Hall–Kier alpha value is -2.58. The predicted molar refractivity (Wildman–Crippen MR) is 133 cm³/mol. The van der Waals surface area contributed by atoms with E-state index < -0.39 is 28.5 Å². The van der Waals surface area contributed by atoms with E-state index in [9.17, 15) is 18.0 Å². The highest BCUT2D eigenvalue weighted by Gasteiger charge is 2.32. The lowest BCUT2D eigenvalue weighted by Gasteiger charge is -2.33. The van der Waals surface area contributed by atoms with E-state index in [-0.39, 0.29) is 18.4 Å². The smallest absolute Gasteiger partial charge is 0.244 e. The molecular weight excluding hydrogens is 462 g/mol. The van der Waals surface area contributed by atoms with E-state index in [1.807, 2.05) is 26.0 Å². The van der Waals surface area contributed by atoms with Crippen molar-refractivity contribution in [2.45, 2.75) is 45.7 Å². The van der Waals surface area contributed by atoms with Gasteiger partial charge in [0.15, 0.2) is 0 Å². The van der Waals surface area contributed by atoms with Gasteiger partial charge in [0, 0.05) is 18.6 Å². The maximum absolute atomic E-state index is 13.6. The number of carbonyl (C=O) groups is 2. The lowest BCUT2D eigenvalue weighted by Crippen LogP contribution is -2.51. The van der Waals surface area contributed by atoms with Crippen molar-refractivity contribution < 1.29 is 18.0 Å². The Balaban J connectivity index is 2.51. The number of hydrogen-bond donors (Lipinski definition) is 1. The minimum absolute atomic E-state index is 0.0500. The highest BCUT2D eigenvalue weighted by atomic mass is 35.5. The second-order valence-corrected chi connectivity index (χ2v) is 10.4. The third kappa shape index (κ3) is 6.71. The number of halogens is 1. The molecule has 9 heteroatoms. The Morgan fingerprint density at radius 1 is 1.06 bits per heavy atom. The first-order chi connectivity index (χ1) is 15.5. The monoisotopic (exact) mass is 493 g/mol. The van der Waals surface area contributed by atoms with Crippen molar-refractivity contribution in [3.63, 3.8) is 0 Å². The van der Waals surface area contributed by atoms with Crippen LogP contribution in [0.3, 0.4) is 0 Å². The first-order valence-corrected chi connectivity index (χ1v) is 13.0. The molecule has 0 saturated carbocycles. The molecule has 33 heavy (non-hydrogen) atoms. The van der Waals surface area contributed by atoms with Gasteiger partial charge >= 0.3 is 0 Å². The summed E-state index contributed by atoms with van der Waals surface area (Å²) >= 11 is 6.32. The lowest BCUT2D eigenvalue weighted by molar-refractivity contribution is -0.140. The Morgan fingerprint density at radius 3 is 2.21 bits per heavy atom. The summed E-state index contributed by atoms with van der Waals surface area (Å²) in [6, 6.07) is 13.4. The molecule has 180 valence electrons. The van der Waals surface area contributed by atoms with Crippen molar-refractivity contribution in [2.24, 2.45) is 0 Å². The molecule has 0 aromatic heterocycles. The van der Waals surface area contributed by atoms with E-state index in [1.54, 1.807) is 43.3 Å². The fourth-order valence-electron chi connectivity index (χ4n) is 3.69. The molecule has 0 unspecified atom stereocenters. The second-order valence-electron chi connectivity index (χ2n) is 8.13. The van der Waals surface area contributed by atoms with Crippen molar-refractivity contribution in [1.82, 2.24) is 10.2 Å². The summed E-state index contributed by atoms with van der Waals surface area (Å²) in [5.41, 5.74) is 1.93. The first-order valence-electron chi connectivity index (χ1n) is 10.8. The maximum Gasteiger partial charge on any atom is 0.244 e. The third-order valence-corrected chi connectivity index (χ3v) is 6.93. The van der Waals surface area contributed by atoms with E-state index in [4.69, 9.17) is 11.6 Å². The van der Waals surface area contributed by atoms with Crippen LogP contribution in [0.15, 0.2) is 48.5 Å². The molecule has 2 rings (SSSR count). The molecule has 0 fully saturated rings. The fourth-order valence-corrected chi connectivity index (χ4v) is 4.76. The summed E-state index contributed by atoms with van der Waals surface area (Å²) in [4.78, 5) is 27.6. The molecule has 2 amide bonds. The van der Waals surface area contributed by atoms with E-state index in [1.165, 1.54) is 11.9 Å². The van der Waals surface area contributed by atoms with Crippen molar-refractivity contribution in [3.05, 3.63) is 64.7 Å². The van der Waals surface area contributed by atoms with Gasteiger partial charge in [0.25, 0.3) is 0 Å². The van der Waals surface area contributed by atoms with Crippen molar-refractivity contribution >= 4 is 39.1 Å². The topological polar surface area (TPSA) is 86.8 Å². The number of sulfonamides is 1. The quantitative estimate of drug-likeness (QED) is 0.545. The molecule has 0 radical (unpaired) electrons. The van der Waals surface area contributed by atoms with Crippen LogP contribution in [0, 0.1) is 0 Å². The van der Waals surface area contributed by atoms with E-state index in [2.05, 4.69) is 5.32 Å². The molecular formula is C24H32ClN3O4S. The maximum atomic E-state index is 13.6. The average Bonchev–Trinajstić information content (AvgIpc) is 2.77. The van der Waals surface area contributed by atoms with Gasteiger partial charge in [-0.2, -0.15) is 0 Å².